The highest BCUT2D eigenvalue weighted by Crippen LogP contribution is 2.19. The van der Waals surface area contributed by atoms with Crippen LogP contribution in [0.2, 0.25) is 0 Å². The van der Waals surface area contributed by atoms with Gasteiger partial charge in [-0.2, -0.15) is 4.89 Å². The highest BCUT2D eigenvalue weighted by Gasteiger charge is 2.16. The average molecular weight is 264 g/mol. The van der Waals surface area contributed by atoms with Gasteiger partial charge >= 0.3 is 0 Å². The summed E-state index contributed by atoms with van der Waals surface area (Å²) in [6.45, 7) is 0.331. The molecule has 0 radical (unpaired) electrons. The molecule has 2 rings (SSSR count). The molecule has 19 heavy (non-hydrogen) atoms. The Balaban J connectivity index is 2.35. The molecule has 1 heterocycles. The number of hydrogen-bond donors (Lipinski definition) is 3. The lowest BCUT2D eigenvalue weighted by Gasteiger charge is -2.09. The number of carbonyl (C=O) groups is 2. The van der Waals surface area contributed by atoms with Crippen molar-refractivity contribution in [1.82, 2.24) is 5.48 Å². The third kappa shape index (κ3) is 2.90. The maximum absolute atomic E-state index is 11.3. The third-order valence-corrected chi connectivity index (χ3v) is 2.64. The van der Waals surface area contributed by atoms with Gasteiger partial charge < -0.3 is 10.6 Å². The first-order valence-corrected chi connectivity index (χ1v) is 5.47. The number of primary amides is 1. The molecule has 0 saturated heterocycles. The zero-order valence-electron chi connectivity index (χ0n) is 9.88. The predicted molar refractivity (Wildman–Crippen MR) is 63.0 cm³/mol. The second kappa shape index (κ2) is 5.51. The summed E-state index contributed by atoms with van der Waals surface area (Å²) in [5.74, 6) is -0.746. The van der Waals surface area contributed by atoms with Gasteiger partial charge in [-0.1, -0.05) is 0 Å². The number of hydroxylamine groups is 1. The number of nitrogens with two attached hydrogens (primary N) is 1. The molecule has 4 N–H and O–H groups in total. The second-order valence-electron chi connectivity index (χ2n) is 3.89. The van der Waals surface area contributed by atoms with Crippen molar-refractivity contribution in [2.75, 3.05) is 6.61 Å². The number of amides is 2. The number of rotatable bonds is 4. The summed E-state index contributed by atoms with van der Waals surface area (Å²) >= 11 is 0. The van der Waals surface area contributed by atoms with Gasteiger partial charge in [0.1, 0.15) is 12.4 Å². The quantitative estimate of drug-likeness (QED) is 0.411. The van der Waals surface area contributed by atoms with E-state index in [9.17, 15) is 9.59 Å². The molecule has 7 heteroatoms. The zero-order chi connectivity index (χ0) is 13.8. The van der Waals surface area contributed by atoms with E-state index in [0.29, 0.717) is 17.9 Å². The fraction of sp³-hybridized carbons (Fsp3) is 0.167. The van der Waals surface area contributed by atoms with Gasteiger partial charge in [0.05, 0.1) is 0 Å². The topological polar surface area (TPSA) is 111 Å². The summed E-state index contributed by atoms with van der Waals surface area (Å²) in [6, 6.07) is 4.29. The van der Waals surface area contributed by atoms with E-state index in [1.54, 1.807) is 6.08 Å². The summed E-state index contributed by atoms with van der Waals surface area (Å²) in [5, 5.41) is 8.59. The first kappa shape index (κ1) is 13.1. The van der Waals surface area contributed by atoms with Gasteiger partial charge in [-0.05, 0) is 29.8 Å². The van der Waals surface area contributed by atoms with Crippen molar-refractivity contribution < 1.29 is 24.6 Å². The van der Waals surface area contributed by atoms with Crippen LogP contribution in [0.15, 0.2) is 30.0 Å². The van der Waals surface area contributed by atoms with Gasteiger partial charge in [0.2, 0.25) is 5.91 Å². The largest absolute Gasteiger partial charge is 0.366 e. The molecule has 2 amide bonds. The maximum atomic E-state index is 11.3. The maximum Gasteiger partial charge on any atom is 0.274 e. The number of carbonyl (C=O) groups excluding carboxylic acids is 2. The highest BCUT2D eigenvalue weighted by molar-refractivity contribution is 5.98. The normalized spacial score (nSPS) is 13.6. The molecule has 1 aliphatic heterocycles. The van der Waals surface area contributed by atoms with Crippen LogP contribution in [0.5, 0.6) is 0 Å². The van der Waals surface area contributed by atoms with Gasteiger partial charge in [-0.3, -0.25) is 14.8 Å². The fourth-order valence-electron chi connectivity index (χ4n) is 1.75. The summed E-state index contributed by atoms with van der Waals surface area (Å²) < 4.78 is 0. The van der Waals surface area contributed by atoms with Crippen LogP contribution < -0.4 is 11.2 Å². The van der Waals surface area contributed by atoms with E-state index < -0.39 is 11.8 Å². The smallest absolute Gasteiger partial charge is 0.274 e. The van der Waals surface area contributed by atoms with Crippen molar-refractivity contribution in [3.05, 3.63) is 46.7 Å². The van der Waals surface area contributed by atoms with Crippen LogP contribution in [-0.4, -0.2) is 23.6 Å². The zero-order valence-corrected chi connectivity index (χ0v) is 9.88. The Morgan fingerprint density at radius 3 is 2.79 bits per heavy atom. The van der Waals surface area contributed by atoms with E-state index in [2.05, 4.69) is 0 Å². The minimum Gasteiger partial charge on any atom is -0.366 e. The second-order valence-corrected chi connectivity index (χ2v) is 3.89. The lowest BCUT2D eigenvalue weighted by atomic mass is 9.99. The molecule has 0 spiro atoms. The van der Waals surface area contributed by atoms with Gasteiger partial charge in [-0.25, -0.2) is 5.48 Å². The van der Waals surface area contributed by atoms with E-state index >= 15 is 0 Å². The van der Waals surface area contributed by atoms with Crippen LogP contribution in [0, 0.1) is 0 Å². The molecule has 1 aliphatic rings. The Kier molecular flexibility index (Phi) is 3.79. The molecule has 7 nitrogen and oxygen atoms in total. The minimum atomic E-state index is -0.671. The molecule has 100 valence electrons. The highest BCUT2D eigenvalue weighted by atomic mass is 17.2. The Morgan fingerprint density at radius 2 is 2.21 bits per heavy atom. The summed E-state index contributed by atoms with van der Waals surface area (Å²) in [6.07, 6.45) is 1.98. The van der Waals surface area contributed by atoms with E-state index in [1.165, 1.54) is 23.7 Å². The summed E-state index contributed by atoms with van der Waals surface area (Å²) in [4.78, 5) is 32.2. The number of hydrogen-bond acceptors (Lipinski definition) is 5. The Hall–Kier alpha value is -2.38. The van der Waals surface area contributed by atoms with Crippen LogP contribution in [0.3, 0.4) is 0 Å². The summed E-state index contributed by atoms with van der Waals surface area (Å²) in [5.41, 5.74) is 7.80. The number of nitrogens with one attached hydrogen (secondary N) is 1. The number of allylic oxidation sites excluding steroid dienone is 1. The van der Waals surface area contributed by atoms with Crippen molar-refractivity contribution in [3.8, 4) is 0 Å². The van der Waals surface area contributed by atoms with E-state index in [0.717, 1.165) is 0 Å². The molecule has 0 aliphatic carbocycles. The van der Waals surface area contributed by atoms with Gasteiger partial charge in [0.25, 0.3) is 5.91 Å². The van der Waals surface area contributed by atoms with Crippen molar-refractivity contribution >= 4 is 11.8 Å². The first-order valence-electron chi connectivity index (χ1n) is 5.47. The minimum absolute atomic E-state index is 0.210. The van der Waals surface area contributed by atoms with Crippen molar-refractivity contribution in [2.45, 2.75) is 6.42 Å². The van der Waals surface area contributed by atoms with Crippen molar-refractivity contribution in [1.29, 1.82) is 0 Å². The van der Waals surface area contributed by atoms with E-state index in [-0.39, 0.29) is 17.5 Å². The molecule has 1 aromatic rings. The fourth-order valence-corrected chi connectivity index (χ4v) is 1.75. The summed E-state index contributed by atoms with van der Waals surface area (Å²) in [7, 11) is 0. The third-order valence-electron chi connectivity index (χ3n) is 2.64. The molecule has 0 atom stereocenters. The monoisotopic (exact) mass is 264 g/mol. The van der Waals surface area contributed by atoms with E-state index in [4.69, 9.17) is 20.7 Å². The van der Waals surface area contributed by atoms with E-state index in [1.807, 2.05) is 0 Å². The lowest BCUT2D eigenvalue weighted by molar-refractivity contribution is -0.234. The Bertz CT molecular complexity index is 553. The van der Waals surface area contributed by atoms with Gasteiger partial charge in [-0.15, -0.1) is 0 Å². The molecule has 0 fully saturated rings. The number of benzene rings is 1. The molecular weight excluding hydrogens is 252 g/mol. The van der Waals surface area contributed by atoms with Gasteiger partial charge in [0, 0.05) is 17.5 Å². The van der Waals surface area contributed by atoms with Crippen LogP contribution in [0.1, 0.15) is 26.3 Å². The van der Waals surface area contributed by atoms with Gasteiger partial charge in [0.15, 0.2) is 0 Å². The SMILES string of the molecule is NC(=O)c1ccc(C(=O)NO)cc1CC1=CCOO1. The predicted octanol–water partition coefficient (Wildman–Crippen LogP) is 0.293. The molecular formula is C12H12N2O5. The van der Waals surface area contributed by atoms with Crippen LogP contribution in [0.4, 0.5) is 0 Å². The molecule has 0 unspecified atom stereocenters. The van der Waals surface area contributed by atoms with Crippen LogP contribution in [-0.2, 0) is 16.2 Å². The van der Waals surface area contributed by atoms with Crippen molar-refractivity contribution in [2.24, 2.45) is 5.73 Å². The van der Waals surface area contributed by atoms with Crippen LogP contribution >= 0.6 is 0 Å². The Labute approximate surface area is 108 Å². The standard InChI is InChI=1S/C12H12N2O5/c13-11(15)10-2-1-7(12(16)14-17)5-8(10)6-9-3-4-18-19-9/h1-3,5,17H,4,6H2,(H2,13,15)(H,14,16). The lowest BCUT2D eigenvalue weighted by Crippen LogP contribution is -2.20. The molecule has 0 bridgehead atoms. The first-order chi connectivity index (χ1) is 9.11. The average Bonchev–Trinajstić information content (AvgIpc) is 2.90. The molecule has 0 aromatic heterocycles. The molecule has 1 aromatic carbocycles. The Morgan fingerprint density at radius 1 is 1.42 bits per heavy atom. The van der Waals surface area contributed by atoms with Crippen LogP contribution in [0.25, 0.3) is 0 Å². The van der Waals surface area contributed by atoms with Crippen molar-refractivity contribution in [3.63, 3.8) is 0 Å². The molecule has 0 saturated carbocycles.